The van der Waals surface area contributed by atoms with Crippen molar-refractivity contribution in [2.24, 2.45) is 0 Å². The fraction of sp³-hybridized carbons (Fsp3) is 0.0488. The molecule has 0 saturated heterocycles. The Morgan fingerprint density at radius 3 is 1.09 bits per heavy atom. The van der Waals surface area contributed by atoms with E-state index in [-0.39, 0.29) is 0 Å². The summed E-state index contributed by atoms with van der Waals surface area (Å²) in [4.78, 5) is 14.3. The zero-order chi connectivity index (χ0) is 55.8. The molecule has 1 unspecified atom stereocenters. The number of nitrogens with zero attached hydrogens (tertiary/aromatic N) is 3. The summed E-state index contributed by atoms with van der Waals surface area (Å²) in [7, 11) is 0. The van der Waals surface area contributed by atoms with Gasteiger partial charge in [-0.05, 0) is 162 Å². The SMILES string of the molecule is C1=C2C(=CCC1)C1(c3ccccc32)c2ccccc2-c2ccc(-c3ccc(-c4ccc5c(c4)C4(c6ccccc6-c6ccccc64)c4ccccc4-5)c4nc(-c5ccc(N(c6ccccc6)c6ccccc6)cc5)c(-c5ccccc5)nc34)cc21. The highest BCUT2D eigenvalue weighted by atomic mass is 15.1. The Kier molecular flexibility index (Phi) is 10.3. The molecule has 13 aromatic rings. The lowest BCUT2D eigenvalue weighted by atomic mass is 9.69. The van der Waals surface area contributed by atoms with Crippen LogP contribution in [0.5, 0.6) is 0 Å². The second-order valence-corrected chi connectivity index (χ2v) is 23.3. The van der Waals surface area contributed by atoms with Crippen LogP contribution >= 0.6 is 0 Å². The molecule has 5 aliphatic carbocycles. The molecule has 0 aliphatic heterocycles. The molecule has 12 aromatic carbocycles. The first-order chi connectivity index (χ1) is 42.2. The van der Waals surface area contributed by atoms with Gasteiger partial charge in [-0.2, -0.15) is 0 Å². The van der Waals surface area contributed by atoms with Crippen molar-refractivity contribution >= 4 is 33.7 Å². The first kappa shape index (κ1) is 47.9. The van der Waals surface area contributed by atoms with E-state index in [1.807, 2.05) is 0 Å². The van der Waals surface area contributed by atoms with Crippen molar-refractivity contribution in [3.63, 3.8) is 0 Å². The number of rotatable bonds is 7. The first-order valence-corrected chi connectivity index (χ1v) is 29.8. The Morgan fingerprint density at radius 2 is 0.600 bits per heavy atom. The molecule has 18 rings (SSSR count). The van der Waals surface area contributed by atoms with E-state index in [0.29, 0.717) is 0 Å². The maximum Gasteiger partial charge on any atom is 0.0979 e. The summed E-state index contributed by atoms with van der Waals surface area (Å²) in [5.41, 5.74) is 33.1. The van der Waals surface area contributed by atoms with E-state index in [9.17, 15) is 0 Å². The standard InChI is InChI=1S/C82H53N3/c1-4-22-52(23-5-1)77-78(53-40-44-58(45-41-53)85(56-24-6-2-7-25-56)57-26-8-3-9-27-57)84-80-60(55-43-47-68-66-33-15-21-39-74(66)82(76(68)51-55)71-36-18-12-30-63(71)64-31-13-19-37-72(64)82)49-48-59(79(80)83-77)54-42-46-67-65-32-14-20-38-73(65)81(75(67)50-54)69-34-16-10-28-61(69)62-29-11-17-35-70(62)81/h1-10,12-16,18-51H,11,17H2. The van der Waals surface area contributed by atoms with E-state index in [2.05, 4.69) is 302 Å². The molecule has 3 heteroatoms. The van der Waals surface area contributed by atoms with Crippen molar-refractivity contribution < 1.29 is 0 Å². The minimum atomic E-state index is -0.503. The molecule has 0 radical (unpaired) electrons. The van der Waals surface area contributed by atoms with Gasteiger partial charge in [-0.1, -0.05) is 249 Å². The Labute approximate surface area is 494 Å². The molecule has 2 spiro atoms. The maximum absolute atomic E-state index is 6.04. The average Bonchev–Trinajstić information content (AvgIpc) is 1.59. The predicted molar refractivity (Wildman–Crippen MR) is 349 cm³/mol. The van der Waals surface area contributed by atoms with Gasteiger partial charge in [0.1, 0.15) is 0 Å². The van der Waals surface area contributed by atoms with Crippen LogP contribution in [0.15, 0.2) is 303 Å². The number of hydrogen-bond acceptors (Lipinski definition) is 3. The molecule has 0 amide bonds. The van der Waals surface area contributed by atoms with Gasteiger partial charge < -0.3 is 4.90 Å². The molecule has 1 heterocycles. The summed E-state index contributed by atoms with van der Waals surface area (Å²) in [5.74, 6) is 0. The van der Waals surface area contributed by atoms with E-state index in [1.165, 1.54) is 89.0 Å². The van der Waals surface area contributed by atoms with Gasteiger partial charge in [0.05, 0.1) is 33.3 Å². The van der Waals surface area contributed by atoms with Crippen LogP contribution in [0.2, 0.25) is 0 Å². The summed E-state index contributed by atoms with van der Waals surface area (Å²) in [6.07, 6.45) is 7.08. The summed E-state index contributed by atoms with van der Waals surface area (Å²) in [5, 5.41) is 0. The lowest BCUT2D eigenvalue weighted by Crippen LogP contribution is -2.26. The number of anilines is 3. The molecule has 0 N–H and O–H groups in total. The fourth-order valence-electron chi connectivity index (χ4n) is 15.7. The van der Waals surface area contributed by atoms with Crippen LogP contribution < -0.4 is 4.90 Å². The zero-order valence-electron chi connectivity index (χ0n) is 46.5. The highest BCUT2D eigenvalue weighted by Crippen LogP contribution is 2.66. The van der Waals surface area contributed by atoms with Gasteiger partial charge >= 0.3 is 0 Å². The van der Waals surface area contributed by atoms with Gasteiger partial charge in [-0.15, -0.1) is 0 Å². The van der Waals surface area contributed by atoms with E-state index in [4.69, 9.17) is 9.97 Å². The fourth-order valence-corrected chi connectivity index (χ4v) is 15.7. The van der Waals surface area contributed by atoms with Crippen LogP contribution in [0.4, 0.5) is 17.1 Å². The maximum atomic E-state index is 6.04. The topological polar surface area (TPSA) is 29.0 Å². The van der Waals surface area contributed by atoms with Crippen molar-refractivity contribution in [1.29, 1.82) is 0 Å². The molecular weight excluding hydrogens is 1030 g/mol. The molecule has 85 heavy (non-hydrogen) atoms. The smallest absolute Gasteiger partial charge is 0.0979 e. The van der Waals surface area contributed by atoms with Crippen molar-refractivity contribution in [1.82, 2.24) is 9.97 Å². The van der Waals surface area contributed by atoms with Crippen molar-refractivity contribution in [2.45, 2.75) is 23.7 Å². The number of hydrogen-bond donors (Lipinski definition) is 0. The quantitative estimate of drug-likeness (QED) is 0.159. The van der Waals surface area contributed by atoms with Crippen LogP contribution in [0, 0.1) is 0 Å². The van der Waals surface area contributed by atoms with Gasteiger partial charge in [-0.3, -0.25) is 0 Å². The largest absolute Gasteiger partial charge is 0.311 e. The summed E-state index contributed by atoms with van der Waals surface area (Å²) in [6.45, 7) is 0. The zero-order valence-corrected chi connectivity index (χ0v) is 46.5. The van der Waals surface area contributed by atoms with Crippen LogP contribution in [0.3, 0.4) is 0 Å². The van der Waals surface area contributed by atoms with Gasteiger partial charge in [-0.25, -0.2) is 9.97 Å². The number of aromatic nitrogens is 2. The number of fused-ring (bicyclic) bond motifs is 21. The van der Waals surface area contributed by atoms with E-state index in [0.717, 1.165) is 85.7 Å². The lowest BCUT2D eigenvalue weighted by molar-refractivity contribution is 0.782. The molecule has 3 nitrogen and oxygen atoms in total. The van der Waals surface area contributed by atoms with Gasteiger partial charge in [0.2, 0.25) is 0 Å². The van der Waals surface area contributed by atoms with Crippen molar-refractivity contribution in [3.05, 3.63) is 347 Å². The van der Waals surface area contributed by atoms with E-state index in [1.54, 1.807) is 0 Å². The molecule has 0 bridgehead atoms. The van der Waals surface area contributed by atoms with E-state index < -0.39 is 10.8 Å². The Balaban J connectivity index is 0.891. The first-order valence-electron chi connectivity index (χ1n) is 29.8. The monoisotopic (exact) mass is 1080 g/mol. The third-order valence-corrected chi connectivity index (χ3v) is 19.1. The number of allylic oxidation sites excluding steroid dienone is 4. The predicted octanol–water partition coefficient (Wildman–Crippen LogP) is 20.5. The van der Waals surface area contributed by atoms with Gasteiger partial charge in [0, 0.05) is 39.3 Å². The summed E-state index contributed by atoms with van der Waals surface area (Å²) < 4.78 is 0. The molecular formula is C82H53N3. The van der Waals surface area contributed by atoms with Gasteiger partial charge in [0.25, 0.3) is 0 Å². The van der Waals surface area contributed by atoms with E-state index >= 15 is 0 Å². The number of benzene rings is 12. The Bertz CT molecular complexity index is 4890. The third-order valence-electron chi connectivity index (χ3n) is 19.1. The molecule has 1 aromatic heterocycles. The lowest BCUT2D eigenvalue weighted by Gasteiger charge is -2.32. The molecule has 396 valence electrons. The molecule has 1 atom stereocenters. The second kappa shape index (κ2) is 18.4. The van der Waals surface area contributed by atoms with Crippen LogP contribution in [0.1, 0.15) is 57.3 Å². The summed E-state index contributed by atoms with van der Waals surface area (Å²) in [6, 6.07) is 105. The minimum absolute atomic E-state index is 0.452. The molecule has 0 fully saturated rings. The third kappa shape index (κ3) is 6.66. The normalized spacial score (nSPS) is 15.7. The van der Waals surface area contributed by atoms with Crippen LogP contribution in [0.25, 0.3) is 94.8 Å². The van der Waals surface area contributed by atoms with Crippen LogP contribution in [-0.4, -0.2) is 9.97 Å². The summed E-state index contributed by atoms with van der Waals surface area (Å²) >= 11 is 0. The minimum Gasteiger partial charge on any atom is -0.311 e. The Hall–Kier alpha value is -10.7. The Morgan fingerprint density at radius 1 is 0.259 bits per heavy atom. The molecule has 0 saturated carbocycles. The molecule has 5 aliphatic rings. The van der Waals surface area contributed by atoms with Crippen molar-refractivity contribution in [3.8, 4) is 78.1 Å². The second-order valence-electron chi connectivity index (χ2n) is 23.3. The highest BCUT2D eigenvalue weighted by molar-refractivity contribution is 6.06. The number of para-hydroxylation sites is 2. The van der Waals surface area contributed by atoms with Crippen LogP contribution in [-0.2, 0) is 10.8 Å². The van der Waals surface area contributed by atoms with Gasteiger partial charge in [0.15, 0.2) is 0 Å². The van der Waals surface area contributed by atoms with Crippen molar-refractivity contribution in [2.75, 3.05) is 4.90 Å². The average molecular weight is 1080 g/mol. The highest BCUT2D eigenvalue weighted by Gasteiger charge is 2.54.